The minimum atomic E-state index is 0.279. The zero-order valence-electron chi connectivity index (χ0n) is 14.0. The van der Waals surface area contributed by atoms with E-state index in [0.717, 1.165) is 46.9 Å². The zero-order valence-corrected chi connectivity index (χ0v) is 14.0. The van der Waals surface area contributed by atoms with E-state index in [1.54, 1.807) is 0 Å². The number of fused-ring (bicyclic) bond motifs is 2. The van der Waals surface area contributed by atoms with Crippen molar-refractivity contribution in [2.75, 3.05) is 13.3 Å². The monoisotopic (exact) mass is 323 g/mol. The molecule has 2 aromatic carbocycles. The Bertz CT molecular complexity index is 915. The van der Waals surface area contributed by atoms with E-state index in [4.69, 9.17) is 20.2 Å². The lowest BCUT2D eigenvalue weighted by Crippen LogP contribution is -2.07. The van der Waals surface area contributed by atoms with Crippen molar-refractivity contribution in [2.45, 2.75) is 26.8 Å². The van der Waals surface area contributed by atoms with Gasteiger partial charge in [0.25, 0.3) is 0 Å². The predicted octanol–water partition coefficient (Wildman–Crippen LogP) is 3.40. The van der Waals surface area contributed by atoms with Crippen LogP contribution in [0.1, 0.15) is 17.5 Å². The van der Waals surface area contributed by atoms with Crippen LogP contribution in [0.2, 0.25) is 0 Å². The summed E-state index contributed by atoms with van der Waals surface area (Å²) in [6, 6.07) is 10.3. The Morgan fingerprint density at radius 1 is 1.08 bits per heavy atom. The van der Waals surface area contributed by atoms with E-state index in [2.05, 4.69) is 30.5 Å². The highest BCUT2D eigenvalue weighted by Gasteiger charge is 2.18. The van der Waals surface area contributed by atoms with Gasteiger partial charge in [0.2, 0.25) is 6.79 Å². The largest absolute Gasteiger partial charge is 0.454 e. The summed E-state index contributed by atoms with van der Waals surface area (Å²) in [4.78, 5) is 4.89. The van der Waals surface area contributed by atoms with Gasteiger partial charge < -0.3 is 19.8 Å². The van der Waals surface area contributed by atoms with Gasteiger partial charge in [-0.05, 0) is 68.3 Å². The predicted molar refractivity (Wildman–Crippen MR) is 94.4 cm³/mol. The van der Waals surface area contributed by atoms with E-state index in [0.29, 0.717) is 6.54 Å². The number of imidazole rings is 1. The van der Waals surface area contributed by atoms with Gasteiger partial charge in [-0.3, -0.25) is 0 Å². The number of aromatic nitrogens is 2. The SMILES string of the molecule is Cc1cc2nc(-c3ccc4c(c3)OCO4)n(CCCN)c2cc1C. The molecular weight excluding hydrogens is 302 g/mol. The molecule has 2 N–H and O–H groups in total. The fourth-order valence-corrected chi connectivity index (χ4v) is 3.11. The first kappa shape index (κ1) is 15.0. The van der Waals surface area contributed by atoms with E-state index in [-0.39, 0.29) is 6.79 Å². The summed E-state index contributed by atoms with van der Waals surface area (Å²) in [5.74, 6) is 2.51. The topological polar surface area (TPSA) is 62.3 Å². The first-order valence-electron chi connectivity index (χ1n) is 8.25. The molecule has 0 aliphatic carbocycles. The normalized spacial score (nSPS) is 13.0. The molecule has 0 unspecified atom stereocenters. The van der Waals surface area contributed by atoms with Crippen LogP contribution in [-0.2, 0) is 6.54 Å². The fourth-order valence-electron chi connectivity index (χ4n) is 3.11. The van der Waals surface area contributed by atoms with E-state index in [1.165, 1.54) is 11.1 Å². The van der Waals surface area contributed by atoms with E-state index in [1.807, 2.05) is 18.2 Å². The van der Waals surface area contributed by atoms with Crippen molar-refractivity contribution < 1.29 is 9.47 Å². The number of hydrogen-bond acceptors (Lipinski definition) is 4. The molecule has 1 aromatic heterocycles. The molecule has 4 rings (SSSR count). The van der Waals surface area contributed by atoms with Crippen LogP contribution in [0.3, 0.4) is 0 Å². The molecule has 2 heterocycles. The Hall–Kier alpha value is -2.53. The summed E-state index contributed by atoms with van der Waals surface area (Å²) in [7, 11) is 0. The van der Waals surface area contributed by atoms with Crippen molar-refractivity contribution in [1.29, 1.82) is 0 Å². The second-order valence-electron chi connectivity index (χ2n) is 6.22. The molecule has 0 saturated heterocycles. The van der Waals surface area contributed by atoms with Crippen LogP contribution in [0.4, 0.5) is 0 Å². The van der Waals surface area contributed by atoms with Crippen LogP contribution in [0, 0.1) is 13.8 Å². The second-order valence-corrected chi connectivity index (χ2v) is 6.22. The molecule has 124 valence electrons. The number of nitrogens with zero attached hydrogens (tertiary/aromatic N) is 2. The van der Waals surface area contributed by atoms with E-state index >= 15 is 0 Å². The maximum absolute atomic E-state index is 5.74. The lowest BCUT2D eigenvalue weighted by Gasteiger charge is -2.10. The first-order valence-corrected chi connectivity index (χ1v) is 8.25. The highest BCUT2D eigenvalue weighted by molar-refractivity contribution is 5.82. The minimum Gasteiger partial charge on any atom is -0.454 e. The van der Waals surface area contributed by atoms with Crippen LogP contribution in [0.15, 0.2) is 30.3 Å². The average Bonchev–Trinajstić information content (AvgIpc) is 3.17. The van der Waals surface area contributed by atoms with Crippen molar-refractivity contribution in [2.24, 2.45) is 5.73 Å². The van der Waals surface area contributed by atoms with Crippen LogP contribution in [-0.4, -0.2) is 22.9 Å². The molecule has 0 atom stereocenters. The number of ether oxygens (including phenoxy) is 2. The van der Waals surface area contributed by atoms with Crippen molar-refractivity contribution in [3.63, 3.8) is 0 Å². The molecule has 1 aliphatic heterocycles. The third kappa shape index (κ3) is 2.41. The lowest BCUT2D eigenvalue weighted by atomic mass is 10.1. The average molecular weight is 323 g/mol. The first-order chi connectivity index (χ1) is 11.7. The van der Waals surface area contributed by atoms with Gasteiger partial charge in [0.1, 0.15) is 5.82 Å². The van der Waals surface area contributed by atoms with Gasteiger partial charge in [-0.25, -0.2) is 4.98 Å². The summed E-state index contributed by atoms with van der Waals surface area (Å²) >= 11 is 0. The molecule has 0 bridgehead atoms. The quantitative estimate of drug-likeness (QED) is 0.799. The summed E-state index contributed by atoms with van der Waals surface area (Å²) in [5.41, 5.74) is 11.5. The Balaban J connectivity index is 1.90. The summed E-state index contributed by atoms with van der Waals surface area (Å²) in [6.45, 7) is 6.04. The van der Waals surface area contributed by atoms with Gasteiger partial charge in [-0.15, -0.1) is 0 Å². The van der Waals surface area contributed by atoms with Gasteiger partial charge in [-0.2, -0.15) is 0 Å². The molecule has 0 fully saturated rings. The minimum absolute atomic E-state index is 0.279. The van der Waals surface area contributed by atoms with Crippen LogP contribution in [0.5, 0.6) is 11.5 Å². The summed E-state index contributed by atoms with van der Waals surface area (Å²) < 4.78 is 13.2. The molecule has 0 amide bonds. The number of nitrogens with two attached hydrogens (primary N) is 1. The number of hydrogen-bond donors (Lipinski definition) is 1. The smallest absolute Gasteiger partial charge is 0.231 e. The molecule has 5 nitrogen and oxygen atoms in total. The molecular formula is C19H21N3O2. The molecule has 24 heavy (non-hydrogen) atoms. The van der Waals surface area contributed by atoms with Crippen molar-refractivity contribution in [1.82, 2.24) is 9.55 Å². The third-order valence-corrected chi connectivity index (χ3v) is 4.58. The van der Waals surface area contributed by atoms with Gasteiger partial charge in [0.05, 0.1) is 11.0 Å². The van der Waals surface area contributed by atoms with Crippen molar-refractivity contribution in [3.8, 4) is 22.9 Å². The summed E-state index contributed by atoms with van der Waals surface area (Å²) in [5, 5.41) is 0. The maximum Gasteiger partial charge on any atom is 0.231 e. The van der Waals surface area contributed by atoms with Crippen molar-refractivity contribution >= 4 is 11.0 Å². The van der Waals surface area contributed by atoms with Crippen LogP contribution >= 0.6 is 0 Å². The highest BCUT2D eigenvalue weighted by atomic mass is 16.7. The van der Waals surface area contributed by atoms with Gasteiger partial charge in [0, 0.05) is 12.1 Å². The van der Waals surface area contributed by atoms with Gasteiger partial charge in [0.15, 0.2) is 11.5 Å². The fraction of sp³-hybridized carbons (Fsp3) is 0.316. The maximum atomic E-state index is 5.74. The van der Waals surface area contributed by atoms with Crippen LogP contribution < -0.4 is 15.2 Å². The molecule has 3 aromatic rings. The molecule has 5 heteroatoms. The summed E-state index contributed by atoms with van der Waals surface area (Å²) in [6.07, 6.45) is 0.913. The highest BCUT2D eigenvalue weighted by Crippen LogP contribution is 2.36. The van der Waals surface area contributed by atoms with Crippen molar-refractivity contribution in [3.05, 3.63) is 41.5 Å². The second kappa shape index (κ2) is 5.83. The Morgan fingerprint density at radius 3 is 2.71 bits per heavy atom. The number of benzene rings is 2. The van der Waals surface area contributed by atoms with Gasteiger partial charge in [-0.1, -0.05) is 0 Å². The molecule has 0 radical (unpaired) electrons. The van der Waals surface area contributed by atoms with Crippen LogP contribution in [0.25, 0.3) is 22.4 Å². The van der Waals surface area contributed by atoms with Gasteiger partial charge >= 0.3 is 0 Å². The Morgan fingerprint density at radius 2 is 1.88 bits per heavy atom. The lowest BCUT2D eigenvalue weighted by molar-refractivity contribution is 0.174. The number of aryl methyl sites for hydroxylation is 3. The van der Waals surface area contributed by atoms with E-state index in [9.17, 15) is 0 Å². The standard InChI is InChI=1S/C19H21N3O2/c1-12-8-15-16(9-13(12)2)22(7-3-6-20)19(21-15)14-4-5-17-18(10-14)24-11-23-17/h4-5,8-10H,3,6-7,11,20H2,1-2H3. The Labute approximate surface area is 141 Å². The number of rotatable bonds is 4. The third-order valence-electron chi connectivity index (χ3n) is 4.58. The molecule has 0 spiro atoms. The zero-order chi connectivity index (χ0) is 16.7. The van der Waals surface area contributed by atoms with E-state index < -0.39 is 0 Å². The Kier molecular flexibility index (Phi) is 3.65. The molecule has 1 aliphatic rings. The molecule has 0 saturated carbocycles.